The van der Waals surface area contributed by atoms with Gasteiger partial charge in [-0.25, -0.2) is 0 Å². The number of nitrogens with two attached hydrogens (primary N) is 1. The predicted molar refractivity (Wildman–Crippen MR) is 51.3 cm³/mol. The van der Waals surface area contributed by atoms with Crippen LogP contribution in [-0.2, 0) is 9.59 Å². The van der Waals surface area contributed by atoms with Crippen molar-refractivity contribution in [2.24, 2.45) is 5.73 Å². The van der Waals surface area contributed by atoms with Crippen LogP contribution in [0, 0.1) is 0 Å². The monoisotopic (exact) mass is 220 g/mol. The van der Waals surface area contributed by atoms with E-state index in [0.29, 0.717) is 0 Å². The Labute approximate surface area is 86.9 Å². The highest BCUT2D eigenvalue weighted by Gasteiger charge is 2.46. The Morgan fingerprint density at radius 3 is 2.07 bits per heavy atom. The van der Waals surface area contributed by atoms with Gasteiger partial charge in [0.05, 0.1) is 12.6 Å². The summed E-state index contributed by atoms with van der Waals surface area (Å²) in [7, 11) is 0. The molecule has 0 aliphatic rings. The third-order valence-corrected chi connectivity index (χ3v) is 2.26. The molecule has 88 valence electrons. The Bertz CT molecular complexity index is 243. The van der Waals surface area contributed by atoms with Gasteiger partial charge in [-0.05, 0) is 13.8 Å². The first-order valence-corrected chi connectivity index (χ1v) is 4.39. The van der Waals surface area contributed by atoms with Crippen molar-refractivity contribution in [3.63, 3.8) is 0 Å². The van der Waals surface area contributed by atoms with Crippen LogP contribution in [0.1, 0.15) is 13.8 Å². The zero-order valence-electron chi connectivity index (χ0n) is 8.60. The van der Waals surface area contributed by atoms with E-state index in [1.165, 1.54) is 13.8 Å². The molecular formula is C8H16N2O5. The van der Waals surface area contributed by atoms with Gasteiger partial charge in [0.25, 0.3) is 0 Å². The summed E-state index contributed by atoms with van der Waals surface area (Å²) in [5.74, 6) is -2.60. The van der Waals surface area contributed by atoms with E-state index in [1.807, 2.05) is 0 Å². The van der Waals surface area contributed by atoms with Crippen molar-refractivity contribution in [3.8, 4) is 0 Å². The lowest BCUT2D eigenvalue weighted by atomic mass is 9.86. The van der Waals surface area contributed by atoms with Crippen LogP contribution in [0.5, 0.6) is 0 Å². The van der Waals surface area contributed by atoms with Crippen molar-refractivity contribution in [1.82, 2.24) is 5.32 Å². The summed E-state index contributed by atoms with van der Waals surface area (Å²) in [4.78, 5) is 21.4. The van der Waals surface area contributed by atoms with E-state index in [4.69, 9.17) is 15.9 Å². The van der Waals surface area contributed by atoms with Crippen LogP contribution in [0.15, 0.2) is 0 Å². The zero-order valence-corrected chi connectivity index (χ0v) is 8.60. The molecule has 3 atom stereocenters. The number of hydrogen-bond donors (Lipinski definition) is 5. The first-order chi connectivity index (χ1) is 6.75. The zero-order chi connectivity index (χ0) is 12.2. The van der Waals surface area contributed by atoms with E-state index < -0.39 is 36.2 Å². The van der Waals surface area contributed by atoms with E-state index in [-0.39, 0.29) is 0 Å². The van der Waals surface area contributed by atoms with E-state index >= 15 is 0 Å². The molecule has 0 aliphatic carbocycles. The van der Waals surface area contributed by atoms with Gasteiger partial charge in [-0.2, -0.15) is 0 Å². The molecule has 0 fully saturated rings. The van der Waals surface area contributed by atoms with Gasteiger partial charge in [0.1, 0.15) is 0 Å². The second kappa shape index (κ2) is 5.06. The van der Waals surface area contributed by atoms with Crippen LogP contribution < -0.4 is 11.1 Å². The van der Waals surface area contributed by atoms with Gasteiger partial charge >= 0.3 is 11.9 Å². The summed E-state index contributed by atoms with van der Waals surface area (Å²) in [5.41, 5.74) is 3.61. The highest BCUT2D eigenvalue weighted by atomic mass is 16.4. The maximum atomic E-state index is 11.0. The molecule has 0 aromatic rings. The quantitative estimate of drug-likeness (QED) is 0.357. The van der Waals surface area contributed by atoms with Crippen LogP contribution in [0.3, 0.4) is 0 Å². The summed E-state index contributed by atoms with van der Waals surface area (Å²) in [6, 6.07) is -0.936. The highest BCUT2D eigenvalue weighted by molar-refractivity contribution is 5.82. The van der Waals surface area contributed by atoms with Gasteiger partial charge in [0.2, 0.25) is 0 Å². The SMILES string of the molecule is CC(N)C(NCC(=O)O)(C(=O)O)C(C)O. The summed E-state index contributed by atoms with van der Waals surface area (Å²) in [6.07, 6.45) is -1.31. The lowest BCUT2D eigenvalue weighted by Crippen LogP contribution is -2.69. The molecule has 0 radical (unpaired) electrons. The van der Waals surface area contributed by atoms with Gasteiger partial charge in [-0.3, -0.25) is 14.9 Å². The number of nitrogens with one attached hydrogen (secondary N) is 1. The fraction of sp³-hybridized carbons (Fsp3) is 0.750. The Morgan fingerprint density at radius 1 is 1.40 bits per heavy atom. The molecule has 0 aromatic carbocycles. The fourth-order valence-corrected chi connectivity index (χ4v) is 1.36. The predicted octanol–water partition coefficient (Wildman–Crippen LogP) is -1.79. The summed E-state index contributed by atoms with van der Waals surface area (Å²) < 4.78 is 0. The highest BCUT2D eigenvalue weighted by Crippen LogP contribution is 2.15. The number of rotatable bonds is 6. The molecule has 7 heteroatoms. The number of aliphatic carboxylic acids is 2. The average Bonchev–Trinajstić information content (AvgIpc) is 2.02. The van der Waals surface area contributed by atoms with Crippen LogP contribution in [0.25, 0.3) is 0 Å². The molecule has 0 amide bonds. The van der Waals surface area contributed by atoms with Crippen molar-refractivity contribution in [2.75, 3.05) is 6.54 Å². The van der Waals surface area contributed by atoms with Gasteiger partial charge in [-0.1, -0.05) is 0 Å². The molecule has 3 unspecified atom stereocenters. The molecular weight excluding hydrogens is 204 g/mol. The number of aliphatic hydroxyl groups is 1. The number of carboxylic acid groups (broad SMARTS) is 2. The summed E-state index contributed by atoms with van der Waals surface area (Å²) >= 11 is 0. The summed E-state index contributed by atoms with van der Waals surface area (Å²) in [5, 5.41) is 29.1. The van der Waals surface area contributed by atoms with Gasteiger partial charge in [0, 0.05) is 6.04 Å². The lowest BCUT2D eigenvalue weighted by Gasteiger charge is -2.36. The number of carboxylic acids is 2. The Kier molecular flexibility index (Phi) is 4.66. The van der Waals surface area contributed by atoms with Crippen molar-refractivity contribution in [2.45, 2.75) is 31.5 Å². The summed E-state index contributed by atoms with van der Waals surface area (Å²) in [6.45, 7) is 2.04. The molecule has 0 saturated heterocycles. The smallest absolute Gasteiger partial charge is 0.328 e. The minimum Gasteiger partial charge on any atom is -0.480 e. The number of hydrogen-bond acceptors (Lipinski definition) is 5. The van der Waals surface area contributed by atoms with E-state index in [0.717, 1.165) is 0 Å². The van der Waals surface area contributed by atoms with Crippen molar-refractivity contribution in [3.05, 3.63) is 0 Å². The molecule has 0 bridgehead atoms. The third-order valence-electron chi connectivity index (χ3n) is 2.26. The lowest BCUT2D eigenvalue weighted by molar-refractivity contribution is -0.151. The van der Waals surface area contributed by atoms with Crippen LogP contribution in [0.2, 0.25) is 0 Å². The average molecular weight is 220 g/mol. The van der Waals surface area contributed by atoms with Crippen molar-refractivity contribution in [1.29, 1.82) is 0 Å². The fourth-order valence-electron chi connectivity index (χ4n) is 1.36. The molecule has 7 nitrogen and oxygen atoms in total. The maximum Gasteiger partial charge on any atom is 0.328 e. The van der Waals surface area contributed by atoms with Gasteiger partial charge in [0.15, 0.2) is 5.54 Å². The van der Waals surface area contributed by atoms with Crippen molar-refractivity contribution < 1.29 is 24.9 Å². The molecule has 6 N–H and O–H groups in total. The van der Waals surface area contributed by atoms with Crippen molar-refractivity contribution >= 4 is 11.9 Å². The topological polar surface area (TPSA) is 133 Å². The Hall–Kier alpha value is -1.18. The van der Waals surface area contributed by atoms with E-state index in [2.05, 4.69) is 5.32 Å². The van der Waals surface area contributed by atoms with Crippen LogP contribution in [-0.4, -0.2) is 51.5 Å². The normalized spacial score (nSPS) is 18.9. The molecule has 0 spiro atoms. The second-order valence-electron chi connectivity index (χ2n) is 3.39. The third kappa shape index (κ3) is 2.88. The molecule has 15 heavy (non-hydrogen) atoms. The molecule has 0 heterocycles. The standard InChI is InChI=1S/C8H16N2O5/c1-4(9)8(5(2)11,7(14)15)10-3-6(12)13/h4-5,10-11H,3,9H2,1-2H3,(H,12,13)(H,14,15). The minimum absolute atomic E-state index is 0.585. The maximum absolute atomic E-state index is 11.0. The molecule has 0 rings (SSSR count). The van der Waals surface area contributed by atoms with E-state index in [9.17, 15) is 14.7 Å². The largest absolute Gasteiger partial charge is 0.480 e. The Balaban J connectivity index is 4.97. The second-order valence-corrected chi connectivity index (χ2v) is 3.39. The van der Waals surface area contributed by atoms with Gasteiger partial charge in [-0.15, -0.1) is 0 Å². The Morgan fingerprint density at radius 2 is 1.87 bits per heavy atom. The van der Waals surface area contributed by atoms with Crippen LogP contribution >= 0.6 is 0 Å². The minimum atomic E-state index is -1.85. The van der Waals surface area contributed by atoms with E-state index in [1.54, 1.807) is 0 Å². The number of carbonyl (C=O) groups is 2. The first kappa shape index (κ1) is 13.8. The van der Waals surface area contributed by atoms with Gasteiger partial charge < -0.3 is 21.1 Å². The molecule has 0 saturated carbocycles. The van der Waals surface area contributed by atoms with Crippen LogP contribution in [0.4, 0.5) is 0 Å². The molecule has 0 aliphatic heterocycles. The molecule has 0 aromatic heterocycles. The first-order valence-electron chi connectivity index (χ1n) is 4.39. The number of aliphatic hydroxyl groups excluding tert-OH is 1.